The molecule has 3 aromatic rings. The zero-order chi connectivity index (χ0) is 14.5. The Morgan fingerprint density at radius 1 is 1.19 bits per heavy atom. The van der Waals surface area contributed by atoms with Gasteiger partial charge in [0, 0.05) is 12.5 Å². The van der Waals surface area contributed by atoms with E-state index in [2.05, 4.69) is 34.5 Å². The zero-order valence-corrected chi connectivity index (χ0v) is 11.8. The highest BCUT2D eigenvalue weighted by Gasteiger charge is 2.16. The maximum atomic E-state index is 5.34. The van der Waals surface area contributed by atoms with E-state index in [1.165, 1.54) is 5.56 Å². The monoisotopic (exact) mass is 283 g/mol. The third-order valence-corrected chi connectivity index (χ3v) is 3.28. The van der Waals surface area contributed by atoms with Crippen molar-refractivity contribution in [2.24, 2.45) is 0 Å². The van der Waals surface area contributed by atoms with E-state index in [-0.39, 0.29) is 6.04 Å². The molecule has 5 nitrogen and oxygen atoms in total. The summed E-state index contributed by atoms with van der Waals surface area (Å²) in [6, 6.07) is 12.2. The summed E-state index contributed by atoms with van der Waals surface area (Å²) in [5, 5.41) is 7.44. The molecule has 0 bridgehead atoms. The molecule has 0 aliphatic heterocycles. The second kappa shape index (κ2) is 6.37. The topological polar surface area (TPSA) is 64.1 Å². The molecule has 0 spiro atoms. The zero-order valence-electron chi connectivity index (χ0n) is 11.8. The average molecular weight is 283 g/mol. The molecule has 0 aliphatic rings. The fraction of sp³-hybridized carbons (Fsp3) is 0.250. The number of nitrogens with one attached hydrogen (secondary N) is 1. The minimum Gasteiger partial charge on any atom is -0.472 e. The smallest absolute Gasteiger partial charge is 0.228 e. The molecule has 21 heavy (non-hydrogen) atoms. The maximum Gasteiger partial charge on any atom is 0.228 e. The van der Waals surface area contributed by atoms with Gasteiger partial charge in [-0.2, -0.15) is 4.98 Å². The normalized spacial score (nSPS) is 12.4. The van der Waals surface area contributed by atoms with E-state index < -0.39 is 0 Å². The molecule has 0 amide bonds. The van der Waals surface area contributed by atoms with Crippen LogP contribution in [-0.4, -0.2) is 16.7 Å². The lowest BCUT2D eigenvalue weighted by Gasteiger charge is -2.16. The fourth-order valence-corrected chi connectivity index (χ4v) is 2.26. The third kappa shape index (κ3) is 3.20. The van der Waals surface area contributed by atoms with Crippen molar-refractivity contribution < 1.29 is 8.94 Å². The number of hydrogen-bond acceptors (Lipinski definition) is 5. The van der Waals surface area contributed by atoms with E-state index in [4.69, 9.17) is 8.94 Å². The van der Waals surface area contributed by atoms with E-state index in [1.54, 1.807) is 12.5 Å². The predicted octanol–water partition coefficient (Wildman–Crippen LogP) is 3.22. The van der Waals surface area contributed by atoms with Crippen LogP contribution >= 0.6 is 0 Å². The van der Waals surface area contributed by atoms with Crippen LogP contribution < -0.4 is 5.32 Å². The quantitative estimate of drug-likeness (QED) is 0.752. The SMILES string of the molecule is CCNC(Cc1nc(-c2ccoc2)no1)c1ccccc1. The van der Waals surface area contributed by atoms with Gasteiger partial charge in [-0.05, 0) is 18.2 Å². The first-order chi connectivity index (χ1) is 10.4. The lowest BCUT2D eigenvalue weighted by atomic mass is 10.0. The molecule has 0 fully saturated rings. The molecular formula is C16H17N3O2. The Morgan fingerprint density at radius 2 is 2.05 bits per heavy atom. The molecule has 2 heterocycles. The minimum absolute atomic E-state index is 0.161. The van der Waals surface area contributed by atoms with Gasteiger partial charge in [0.25, 0.3) is 0 Å². The van der Waals surface area contributed by atoms with E-state index >= 15 is 0 Å². The van der Waals surface area contributed by atoms with Crippen LogP contribution in [0.5, 0.6) is 0 Å². The number of furan rings is 1. The summed E-state index contributed by atoms with van der Waals surface area (Å²) in [5.74, 6) is 1.17. The Labute approximate surface area is 123 Å². The maximum absolute atomic E-state index is 5.34. The van der Waals surface area contributed by atoms with Crippen molar-refractivity contribution in [1.29, 1.82) is 0 Å². The fourth-order valence-electron chi connectivity index (χ4n) is 2.26. The van der Waals surface area contributed by atoms with Gasteiger partial charge in [0.1, 0.15) is 6.26 Å². The summed E-state index contributed by atoms with van der Waals surface area (Å²) in [7, 11) is 0. The molecule has 2 aromatic heterocycles. The van der Waals surface area contributed by atoms with Crippen LogP contribution in [0.3, 0.4) is 0 Å². The molecule has 3 rings (SSSR count). The van der Waals surface area contributed by atoms with Crippen LogP contribution in [0.25, 0.3) is 11.4 Å². The molecule has 0 radical (unpaired) electrons. The summed E-state index contributed by atoms with van der Waals surface area (Å²) >= 11 is 0. The van der Waals surface area contributed by atoms with Gasteiger partial charge in [-0.1, -0.05) is 42.4 Å². The van der Waals surface area contributed by atoms with Crippen LogP contribution in [-0.2, 0) is 6.42 Å². The number of benzene rings is 1. The van der Waals surface area contributed by atoms with Gasteiger partial charge in [0.15, 0.2) is 0 Å². The Hall–Kier alpha value is -2.40. The van der Waals surface area contributed by atoms with Gasteiger partial charge in [0.2, 0.25) is 11.7 Å². The molecule has 0 saturated carbocycles. The van der Waals surface area contributed by atoms with Crippen LogP contribution in [0.2, 0.25) is 0 Å². The molecule has 5 heteroatoms. The Kier molecular flexibility index (Phi) is 4.12. The van der Waals surface area contributed by atoms with Crippen LogP contribution in [0.1, 0.15) is 24.4 Å². The lowest BCUT2D eigenvalue weighted by Crippen LogP contribution is -2.23. The van der Waals surface area contributed by atoms with Gasteiger partial charge in [0.05, 0.1) is 11.8 Å². The molecule has 1 unspecified atom stereocenters. The molecule has 1 N–H and O–H groups in total. The average Bonchev–Trinajstić information content (AvgIpc) is 3.19. The minimum atomic E-state index is 0.161. The van der Waals surface area contributed by atoms with Crippen LogP contribution in [0.15, 0.2) is 57.9 Å². The number of nitrogens with zero attached hydrogens (tertiary/aromatic N) is 2. The largest absolute Gasteiger partial charge is 0.472 e. The predicted molar refractivity (Wildman–Crippen MR) is 78.6 cm³/mol. The number of hydrogen-bond donors (Lipinski definition) is 1. The highest BCUT2D eigenvalue weighted by atomic mass is 16.5. The lowest BCUT2D eigenvalue weighted by molar-refractivity contribution is 0.360. The first-order valence-electron chi connectivity index (χ1n) is 7.00. The highest BCUT2D eigenvalue weighted by Crippen LogP contribution is 2.20. The summed E-state index contributed by atoms with van der Waals surface area (Å²) in [5.41, 5.74) is 2.03. The van der Waals surface area contributed by atoms with Crippen molar-refractivity contribution in [2.45, 2.75) is 19.4 Å². The summed E-state index contributed by atoms with van der Waals surface area (Å²) in [6.45, 7) is 2.96. The van der Waals surface area contributed by atoms with Crippen molar-refractivity contribution in [2.75, 3.05) is 6.54 Å². The second-order valence-corrected chi connectivity index (χ2v) is 4.75. The van der Waals surface area contributed by atoms with Crippen LogP contribution in [0, 0.1) is 0 Å². The van der Waals surface area contributed by atoms with Crippen LogP contribution in [0.4, 0.5) is 0 Å². The van der Waals surface area contributed by atoms with Crippen molar-refractivity contribution >= 4 is 0 Å². The second-order valence-electron chi connectivity index (χ2n) is 4.75. The van der Waals surface area contributed by atoms with Gasteiger partial charge in [-0.15, -0.1) is 0 Å². The molecule has 108 valence electrons. The van der Waals surface area contributed by atoms with Crippen molar-refractivity contribution in [3.05, 3.63) is 60.4 Å². The number of likely N-dealkylation sites (N-methyl/N-ethyl adjacent to an activating group) is 1. The van der Waals surface area contributed by atoms with Gasteiger partial charge in [-0.25, -0.2) is 0 Å². The molecule has 0 saturated heterocycles. The van der Waals surface area contributed by atoms with E-state index in [1.807, 2.05) is 24.3 Å². The Balaban J connectivity index is 1.77. The van der Waals surface area contributed by atoms with Crippen molar-refractivity contribution in [3.8, 4) is 11.4 Å². The Morgan fingerprint density at radius 3 is 2.76 bits per heavy atom. The van der Waals surface area contributed by atoms with Crippen molar-refractivity contribution in [3.63, 3.8) is 0 Å². The molecule has 1 aromatic carbocycles. The highest BCUT2D eigenvalue weighted by molar-refractivity contribution is 5.51. The molecule has 1 atom stereocenters. The summed E-state index contributed by atoms with van der Waals surface area (Å²) in [6.07, 6.45) is 3.85. The first kappa shape index (κ1) is 13.6. The number of rotatable bonds is 6. The summed E-state index contributed by atoms with van der Waals surface area (Å²) < 4.78 is 10.4. The van der Waals surface area contributed by atoms with E-state index in [0.29, 0.717) is 18.1 Å². The third-order valence-electron chi connectivity index (χ3n) is 3.28. The van der Waals surface area contributed by atoms with Gasteiger partial charge in [-0.3, -0.25) is 0 Å². The van der Waals surface area contributed by atoms with E-state index in [0.717, 1.165) is 12.1 Å². The standard InChI is InChI=1S/C16H17N3O2/c1-2-17-14(12-6-4-3-5-7-12)10-15-18-16(19-21-15)13-8-9-20-11-13/h3-9,11,14,17H,2,10H2,1H3. The van der Waals surface area contributed by atoms with Gasteiger partial charge >= 0.3 is 0 Å². The molecule has 0 aliphatic carbocycles. The van der Waals surface area contributed by atoms with Crippen molar-refractivity contribution in [1.82, 2.24) is 15.5 Å². The Bertz CT molecular complexity index is 662. The van der Waals surface area contributed by atoms with Gasteiger partial charge < -0.3 is 14.3 Å². The molecular weight excluding hydrogens is 266 g/mol. The summed E-state index contributed by atoms with van der Waals surface area (Å²) in [4.78, 5) is 4.42. The number of aromatic nitrogens is 2. The van der Waals surface area contributed by atoms with E-state index in [9.17, 15) is 0 Å². The first-order valence-corrected chi connectivity index (χ1v) is 7.00.